The number of rotatable bonds is 3. The molecule has 0 aromatic heterocycles. The number of amides is 4. The number of phenolic OH excluding ortho intramolecular Hbond substituents is 1. The maximum Gasteiger partial charge on any atom is 0.335 e. The molecule has 1 heterocycles. The summed E-state index contributed by atoms with van der Waals surface area (Å²) in [4.78, 5) is 37.9. The monoisotopic (exact) mass is 416 g/mol. The fourth-order valence-corrected chi connectivity index (χ4v) is 2.70. The predicted octanol–water partition coefficient (Wildman–Crippen LogP) is 2.83. The van der Waals surface area contributed by atoms with E-state index >= 15 is 0 Å². The van der Waals surface area contributed by atoms with Crippen LogP contribution in [0.1, 0.15) is 5.56 Å². The smallest absolute Gasteiger partial charge is 0.335 e. The molecule has 1 fully saturated rings. The Bertz CT molecular complexity index is 937. The highest BCUT2D eigenvalue weighted by Gasteiger charge is 2.36. The lowest BCUT2D eigenvalue weighted by atomic mass is 10.1. The van der Waals surface area contributed by atoms with E-state index in [0.717, 1.165) is 9.37 Å². The van der Waals surface area contributed by atoms with Gasteiger partial charge in [0.2, 0.25) is 0 Å². The number of hydrogen-bond donors (Lipinski definition) is 2. The molecule has 0 aliphatic carbocycles. The molecule has 2 aromatic rings. The van der Waals surface area contributed by atoms with Crippen molar-refractivity contribution >= 4 is 45.5 Å². The normalized spacial score (nSPS) is 16.0. The van der Waals surface area contributed by atoms with Crippen LogP contribution in [0.15, 0.2) is 52.5 Å². The fraction of sp³-hybridized carbons (Fsp3) is 0.0556. The maximum absolute atomic E-state index is 12.7. The van der Waals surface area contributed by atoms with Crippen molar-refractivity contribution in [3.8, 4) is 11.5 Å². The van der Waals surface area contributed by atoms with Crippen molar-refractivity contribution in [2.24, 2.45) is 0 Å². The van der Waals surface area contributed by atoms with Crippen LogP contribution in [0.25, 0.3) is 6.08 Å². The summed E-state index contributed by atoms with van der Waals surface area (Å²) in [6.07, 6.45) is 1.33. The highest BCUT2D eigenvalue weighted by Crippen LogP contribution is 2.28. The summed E-state index contributed by atoms with van der Waals surface area (Å²) in [6.45, 7) is 0. The quantitative estimate of drug-likeness (QED) is 0.592. The van der Waals surface area contributed by atoms with Crippen molar-refractivity contribution in [3.05, 3.63) is 58.1 Å². The Morgan fingerprint density at radius 2 is 1.81 bits per heavy atom. The Hall–Kier alpha value is -3.13. The standard InChI is InChI=1S/C18H13BrN2O5/c1-26-15-9-10(2-7-14(15)22)8-13-16(23)20-18(25)21(17(13)24)12-5-3-11(19)4-6-12/h2-9,22H,1H3,(H,20,23,25). The van der Waals surface area contributed by atoms with Crippen LogP contribution < -0.4 is 15.0 Å². The van der Waals surface area contributed by atoms with Gasteiger partial charge in [-0.05, 0) is 48.0 Å². The molecule has 0 atom stereocenters. The highest BCUT2D eigenvalue weighted by molar-refractivity contribution is 9.10. The van der Waals surface area contributed by atoms with Gasteiger partial charge in [0.15, 0.2) is 11.5 Å². The number of anilines is 1. The van der Waals surface area contributed by atoms with Crippen LogP contribution in [0.5, 0.6) is 11.5 Å². The second kappa shape index (κ2) is 7.01. The van der Waals surface area contributed by atoms with Crippen molar-refractivity contribution in [2.75, 3.05) is 12.0 Å². The molecule has 0 unspecified atom stereocenters. The first kappa shape index (κ1) is 17.7. The summed E-state index contributed by atoms with van der Waals surface area (Å²) in [5.74, 6) is -1.40. The Kier molecular flexibility index (Phi) is 4.77. The summed E-state index contributed by atoms with van der Waals surface area (Å²) < 4.78 is 5.80. The van der Waals surface area contributed by atoms with Gasteiger partial charge in [0, 0.05) is 4.47 Å². The molecule has 1 aliphatic heterocycles. The lowest BCUT2D eigenvalue weighted by Crippen LogP contribution is -2.54. The van der Waals surface area contributed by atoms with Crippen LogP contribution >= 0.6 is 15.9 Å². The lowest BCUT2D eigenvalue weighted by Gasteiger charge is -2.26. The van der Waals surface area contributed by atoms with E-state index in [1.807, 2.05) is 0 Å². The predicted molar refractivity (Wildman–Crippen MR) is 97.8 cm³/mol. The second-order valence-electron chi connectivity index (χ2n) is 5.37. The van der Waals surface area contributed by atoms with Crippen LogP contribution in [-0.4, -0.2) is 30.1 Å². The van der Waals surface area contributed by atoms with Gasteiger partial charge in [0.1, 0.15) is 5.57 Å². The average molecular weight is 417 g/mol. The zero-order valence-electron chi connectivity index (χ0n) is 13.5. The van der Waals surface area contributed by atoms with Gasteiger partial charge in [-0.1, -0.05) is 22.0 Å². The summed E-state index contributed by atoms with van der Waals surface area (Å²) in [7, 11) is 1.39. The fourth-order valence-electron chi connectivity index (χ4n) is 2.43. The first-order valence-corrected chi connectivity index (χ1v) is 8.24. The average Bonchev–Trinajstić information content (AvgIpc) is 2.61. The number of halogens is 1. The van der Waals surface area contributed by atoms with Gasteiger partial charge in [-0.2, -0.15) is 0 Å². The number of ether oxygens (including phenoxy) is 1. The zero-order valence-corrected chi connectivity index (χ0v) is 15.1. The molecule has 4 amide bonds. The van der Waals surface area contributed by atoms with Crippen LogP contribution in [0.4, 0.5) is 10.5 Å². The van der Waals surface area contributed by atoms with E-state index in [4.69, 9.17) is 4.74 Å². The summed E-state index contributed by atoms with van der Waals surface area (Å²) in [5.41, 5.74) is 0.584. The van der Waals surface area contributed by atoms with Crippen molar-refractivity contribution in [1.29, 1.82) is 0 Å². The molecule has 2 aromatic carbocycles. The molecule has 2 N–H and O–H groups in total. The number of methoxy groups -OCH3 is 1. The van der Waals surface area contributed by atoms with Crippen LogP contribution in [0.2, 0.25) is 0 Å². The number of imide groups is 2. The third kappa shape index (κ3) is 3.31. The molecule has 132 valence electrons. The number of carbonyl (C=O) groups excluding carboxylic acids is 3. The van der Waals surface area contributed by atoms with Crippen LogP contribution in [-0.2, 0) is 9.59 Å². The SMILES string of the molecule is COc1cc(C=C2C(=O)NC(=O)N(c3ccc(Br)cc3)C2=O)ccc1O. The third-order valence-corrected chi connectivity index (χ3v) is 4.23. The van der Waals surface area contributed by atoms with Crippen LogP contribution in [0.3, 0.4) is 0 Å². The molecule has 1 saturated heterocycles. The topological polar surface area (TPSA) is 95.9 Å². The highest BCUT2D eigenvalue weighted by atomic mass is 79.9. The Labute approximate surface area is 157 Å². The number of phenols is 1. The second-order valence-corrected chi connectivity index (χ2v) is 6.28. The third-order valence-electron chi connectivity index (χ3n) is 3.70. The first-order valence-electron chi connectivity index (χ1n) is 7.44. The molecule has 0 saturated carbocycles. The molecular weight excluding hydrogens is 404 g/mol. The Morgan fingerprint density at radius 3 is 2.46 bits per heavy atom. The largest absolute Gasteiger partial charge is 0.504 e. The number of hydrogen-bond acceptors (Lipinski definition) is 5. The van der Waals surface area contributed by atoms with Gasteiger partial charge in [-0.25, -0.2) is 9.69 Å². The molecule has 7 nitrogen and oxygen atoms in total. The Balaban J connectivity index is 2.01. The van der Waals surface area contributed by atoms with Gasteiger partial charge >= 0.3 is 6.03 Å². The van der Waals surface area contributed by atoms with E-state index in [0.29, 0.717) is 11.3 Å². The first-order chi connectivity index (χ1) is 12.4. The number of nitrogens with one attached hydrogen (secondary N) is 1. The molecule has 1 aliphatic rings. The minimum Gasteiger partial charge on any atom is -0.504 e. The number of urea groups is 1. The molecule has 0 bridgehead atoms. The zero-order chi connectivity index (χ0) is 18.8. The van der Waals surface area contributed by atoms with E-state index in [-0.39, 0.29) is 17.1 Å². The molecule has 0 spiro atoms. The van der Waals surface area contributed by atoms with Gasteiger partial charge in [-0.3, -0.25) is 14.9 Å². The minimum atomic E-state index is -0.817. The number of aromatic hydroxyl groups is 1. The molecule has 8 heteroatoms. The molecule has 26 heavy (non-hydrogen) atoms. The van der Waals surface area contributed by atoms with Gasteiger partial charge in [0.05, 0.1) is 12.8 Å². The van der Waals surface area contributed by atoms with E-state index in [9.17, 15) is 19.5 Å². The lowest BCUT2D eigenvalue weighted by molar-refractivity contribution is -0.122. The van der Waals surface area contributed by atoms with Gasteiger partial charge in [-0.15, -0.1) is 0 Å². The molecule has 0 radical (unpaired) electrons. The van der Waals surface area contributed by atoms with E-state index in [1.54, 1.807) is 24.3 Å². The van der Waals surface area contributed by atoms with E-state index in [1.165, 1.54) is 31.4 Å². The van der Waals surface area contributed by atoms with Crippen molar-refractivity contribution in [1.82, 2.24) is 5.32 Å². The number of nitrogens with zero attached hydrogens (tertiary/aromatic N) is 1. The number of carbonyl (C=O) groups is 3. The number of barbiturate groups is 1. The Morgan fingerprint density at radius 1 is 1.12 bits per heavy atom. The van der Waals surface area contributed by atoms with Gasteiger partial charge < -0.3 is 9.84 Å². The molecular formula is C18H13BrN2O5. The van der Waals surface area contributed by atoms with E-state index in [2.05, 4.69) is 21.2 Å². The van der Waals surface area contributed by atoms with Crippen LogP contribution in [0, 0.1) is 0 Å². The number of benzene rings is 2. The maximum atomic E-state index is 12.7. The van der Waals surface area contributed by atoms with Crippen molar-refractivity contribution in [3.63, 3.8) is 0 Å². The van der Waals surface area contributed by atoms with E-state index < -0.39 is 17.8 Å². The summed E-state index contributed by atoms with van der Waals surface area (Å²) in [5, 5.41) is 11.8. The minimum absolute atomic E-state index is 0.0688. The van der Waals surface area contributed by atoms with Crippen molar-refractivity contribution in [2.45, 2.75) is 0 Å². The molecule has 3 rings (SSSR count). The van der Waals surface area contributed by atoms with Crippen molar-refractivity contribution < 1.29 is 24.2 Å². The summed E-state index contributed by atoms with van der Waals surface area (Å²) >= 11 is 3.28. The summed E-state index contributed by atoms with van der Waals surface area (Å²) in [6, 6.07) is 10.1. The van der Waals surface area contributed by atoms with Gasteiger partial charge in [0.25, 0.3) is 11.8 Å².